The Morgan fingerprint density at radius 3 is 2.65 bits per heavy atom. The van der Waals surface area contributed by atoms with Gasteiger partial charge in [0.1, 0.15) is 0 Å². The summed E-state index contributed by atoms with van der Waals surface area (Å²) in [5, 5.41) is 24.6. The molecule has 1 heterocycles. The molecule has 3 aromatic rings. The number of nitrogens with zero attached hydrogens (tertiary/aromatic N) is 3. The molecule has 0 amide bonds. The highest BCUT2D eigenvalue weighted by molar-refractivity contribution is 6.07. The molecule has 0 unspecified atom stereocenters. The minimum Gasteiger partial charge on any atom is -0.502 e. The van der Waals surface area contributed by atoms with Crippen LogP contribution in [0.4, 0.5) is 5.69 Å². The van der Waals surface area contributed by atoms with Crippen molar-refractivity contribution in [1.82, 2.24) is 9.78 Å². The Labute approximate surface area is 149 Å². The van der Waals surface area contributed by atoms with Gasteiger partial charge < -0.3 is 5.11 Å². The number of aromatic nitrogens is 2. The van der Waals surface area contributed by atoms with Crippen LogP contribution in [-0.2, 0) is 0 Å². The number of rotatable bonds is 5. The monoisotopic (exact) mass is 349 g/mol. The molecule has 0 spiro atoms. The Morgan fingerprint density at radius 2 is 1.96 bits per heavy atom. The summed E-state index contributed by atoms with van der Waals surface area (Å²) in [6.45, 7) is 1.80. The van der Waals surface area contributed by atoms with E-state index < -0.39 is 16.4 Å². The molecule has 0 atom stereocenters. The molecule has 0 bridgehead atoms. The molecule has 0 aliphatic heterocycles. The van der Waals surface area contributed by atoms with Gasteiger partial charge in [-0.3, -0.25) is 14.9 Å². The van der Waals surface area contributed by atoms with E-state index in [2.05, 4.69) is 5.10 Å². The number of phenols is 1. The minimum absolute atomic E-state index is 0.264. The van der Waals surface area contributed by atoms with E-state index in [1.165, 1.54) is 36.5 Å². The number of benzene rings is 2. The first kappa shape index (κ1) is 17.1. The van der Waals surface area contributed by atoms with Crippen LogP contribution in [0.25, 0.3) is 11.8 Å². The highest BCUT2D eigenvalue weighted by Crippen LogP contribution is 2.26. The van der Waals surface area contributed by atoms with Crippen molar-refractivity contribution in [2.45, 2.75) is 6.92 Å². The van der Waals surface area contributed by atoms with E-state index in [4.69, 9.17) is 0 Å². The molecule has 0 saturated carbocycles. The van der Waals surface area contributed by atoms with Crippen molar-refractivity contribution in [3.8, 4) is 11.4 Å². The highest BCUT2D eigenvalue weighted by Gasteiger charge is 2.14. The van der Waals surface area contributed by atoms with E-state index >= 15 is 0 Å². The van der Waals surface area contributed by atoms with Crippen molar-refractivity contribution < 1.29 is 14.8 Å². The Kier molecular flexibility index (Phi) is 4.62. The lowest BCUT2D eigenvalue weighted by Crippen LogP contribution is -2.01. The number of para-hydroxylation sites is 1. The second-order valence-corrected chi connectivity index (χ2v) is 5.59. The molecule has 0 fully saturated rings. The van der Waals surface area contributed by atoms with E-state index in [-0.39, 0.29) is 5.78 Å². The first-order chi connectivity index (χ1) is 12.5. The first-order valence-corrected chi connectivity index (χ1v) is 7.77. The summed E-state index contributed by atoms with van der Waals surface area (Å²) in [6, 6.07) is 13.4. The van der Waals surface area contributed by atoms with E-state index in [1.54, 1.807) is 11.6 Å². The molecule has 0 aliphatic carbocycles. The minimum atomic E-state index is -0.678. The lowest BCUT2D eigenvalue weighted by molar-refractivity contribution is -0.385. The van der Waals surface area contributed by atoms with Gasteiger partial charge in [-0.2, -0.15) is 5.10 Å². The topological polar surface area (TPSA) is 98.3 Å². The number of aromatic hydroxyl groups is 1. The zero-order chi connectivity index (χ0) is 18.7. The predicted octanol–water partition coefficient (Wildman–Crippen LogP) is 3.69. The molecular weight excluding hydrogens is 334 g/mol. The van der Waals surface area contributed by atoms with Crippen LogP contribution in [0, 0.1) is 17.0 Å². The van der Waals surface area contributed by atoms with Gasteiger partial charge in [0, 0.05) is 6.07 Å². The van der Waals surface area contributed by atoms with Gasteiger partial charge >= 0.3 is 5.69 Å². The van der Waals surface area contributed by atoms with Crippen molar-refractivity contribution in [2.75, 3.05) is 0 Å². The quantitative estimate of drug-likeness (QED) is 0.328. The fourth-order valence-electron chi connectivity index (χ4n) is 2.53. The number of ketones is 1. The smallest absolute Gasteiger partial charge is 0.311 e. The molecule has 0 saturated heterocycles. The maximum absolute atomic E-state index is 12.4. The van der Waals surface area contributed by atoms with Crippen molar-refractivity contribution in [3.05, 3.63) is 87.7 Å². The van der Waals surface area contributed by atoms with Gasteiger partial charge in [0.25, 0.3) is 0 Å². The van der Waals surface area contributed by atoms with Crippen LogP contribution in [0.2, 0.25) is 0 Å². The molecule has 0 aliphatic rings. The molecule has 0 radical (unpaired) electrons. The zero-order valence-electron chi connectivity index (χ0n) is 13.9. The number of phenolic OH excluding ortho intramolecular Hbond substituents is 1. The fraction of sp³-hybridized carbons (Fsp3) is 0.0526. The summed E-state index contributed by atoms with van der Waals surface area (Å²) in [4.78, 5) is 22.6. The summed E-state index contributed by atoms with van der Waals surface area (Å²) < 4.78 is 1.67. The largest absolute Gasteiger partial charge is 0.502 e. The highest BCUT2D eigenvalue weighted by atomic mass is 16.6. The summed E-state index contributed by atoms with van der Waals surface area (Å²) in [5.74, 6) is -0.682. The average molecular weight is 349 g/mol. The number of hydrogen-bond donors (Lipinski definition) is 1. The normalized spacial score (nSPS) is 11.0. The number of nitro benzene ring substituents is 1. The zero-order valence-corrected chi connectivity index (χ0v) is 13.9. The molecule has 26 heavy (non-hydrogen) atoms. The van der Waals surface area contributed by atoms with E-state index in [1.807, 2.05) is 30.3 Å². The number of allylic oxidation sites excluding steroid dienone is 1. The predicted molar refractivity (Wildman–Crippen MR) is 96.4 cm³/mol. The van der Waals surface area contributed by atoms with Crippen LogP contribution in [0.1, 0.15) is 21.6 Å². The number of carbonyl (C=O) groups excluding carboxylic acids is 1. The van der Waals surface area contributed by atoms with Gasteiger partial charge in [-0.1, -0.05) is 30.3 Å². The van der Waals surface area contributed by atoms with Crippen LogP contribution in [0.15, 0.2) is 60.8 Å². The average Bonchev–Trinajstić information content (AvgIpc) is 3.02. The number of hydrogen-bond acceptors (Lipinski definition) is 5. The van der Waals surface area contributed by atoms with E-state index in [0.717, 1.165) is 5.69 Å². The summed E-state index contributed by atoms with van der Waals surface area (Å²) in [6.07, 6.45) is 4.29. The molecule has 3 rings (SSSR count). The van der Waals surface area contributed by atoms with Crippen molar-refractivity contribution >= 4 is 17.5 Å². The van der Waals surface area contributed by atoms with Crippen molar-refractivity contribution in [3.63, 3.8) is 0 Å². The van der Waals surface area contributed by atoms with Crippen molar-refractivity contribution in [2.24, 2.45) is 0 Å². The molecule has 1 aromatic heterocycles. The van der Waals surface area contributed by atoms with E-state index in [9.17, 15) is 20.0 Å². The molecule has 7 heteroatoms. The summed E-state index contributed by atoms with van der Waals surface area (Å²) >= 11 is 0. The molecular formula is C19H15N3O4. The van der Waals surface area contributed by atoms with Gasteiger partial charge in [-0.25, -0.2) is 4.68 Å². The maximum atomic E-state index is 12.4. The Hall–Kier alpha value is -3.74. The van der Waals surface area contributed by atoms with Gasteiger partial charge in [-0.15, -0.1) is 0 Å². The molecule has 7 nitrogen and oxygen atoms in total. The second kappa shape index (κ2) is 7.02. The van der Waals surface area contributed by atoms with Crippen molar-refractivity contribution in [1.29, 1.82) is 0 Å². The SMILES string of the molecule is Cc1c(C(=O)/C=C/c2ccc(O)c([N+](=O)[O-])c2)cnn1-c1ccccc1. The van der Waals surface area contributed by atoms with Crippen LogP contribution < -0.4 is 0 Å². The van der Waals surface area contributed by atoms with Crippen LogP contribution in [-0.4, -0.2) is 25.6 Å². The molecule has 2 aromatic carbocycles. The third kappa shape index (κ3) is 3.36. The Morgan fingerprint density at radius 1 is 1.23 bits per heavy atom. The van der Waals surface area contributed by atoms with Gasteiger partial charge in [-0.05, 0) is 36.8 Å². The van der Waals surface area contributed by atoms with Gasteiger partial charge in [0.05, 0.1) is 28.1 Å². The number of nitro groups is 1. The van der Waals surface area contributed by atoms with Gasteiger partial charge in [0.2, 0.25) is 0 Å². The van der Waals surface area contributed by atoms with Crippen LogP contribution in [0.5, 0.6) is 5.75 Å². The molecule has 130 valence electrons. The number of carbonyl (C=O) groups is 1. The maximum Gasteiger partial charge on any atom is 0.311 e. The van der Waals surface area contributed by atoms with E-state index in [0.29, 0.717) is 16.8 Å². The van der Waals surface area contributed by atoms with Crippen LogP contribution in [0.3, 0.4) is 0 Å². The third-order valence-corrected chi connectivity index (χ3v) is 3.90. The third-order valence-electron chi connectivity index (χ3n) is 3.90. The fourth-order valence-corrected chi connectivity index (χ4v) is 2.53. The lowest BCUT2D eigenvalue weighted by Gasteiger charge is -2.04. The molecule has 1 N–H and O–H groups in total. The first-order valence-electron chi connectivity index (χ1n) is 7.77. The van der Waals surface area contributed by atoms with Crippen LogP contribution >= 0.6 is 0 Å². The second-order valence-electron chi connectivity index (χ2n) is 5.59. The summed E-state index contributed by atoms with van der Waals surface area (Å²) in [7, 11) is 0. The van der Waals surface area contributed by atoms with Gasteiger partial charge in [0.15, 0.2) is 11.5 Å². The Bertz CT molecular complexity index is 1010. The lowest BCUT2D eigenvalue weighted by atomic mass is 10.1. The summed E-state index contributed by atoms with van der Waals surface area (Å²) in [5.41, 5.74) is 2.02. The standard InChI is InChI=1S/C19H15N3O4/c1-13-16(12-20-21(13)15-5-3-2-4-6-15)18(23)9-7-14-8-10-19(24)17(11-14)22(25)26/h2-12,24H,1H3/b9-7+. The Balaban J connectivity index is 1.85.